The maximum atomic E-state index is 9.33. The van der Waals surface area contributed by atoms with Crippen LogP contribution in [0.5, 0.6) is 0 Å². The lowest BCUT2D eigenvalue weighted by Gasteiger charge is -2.11. The number of nitrogens with two attached hydrogens (primary N) is 1. The zero-order valence-corrected chi connectivity index (χ0v) is 9.65. The number of ether oxygens (including phenoxy) is 1. The molecule has 2 unspecified atom stereocenters. The van der Waals surface area contributed by atoms with Crippen molar-refractivity contribution < 1.29 is 9.84 Å². The van der Waals surface area contributed by atoms with E-state index in [9.17, 15) is 5.11 Å². The van der Waals surface area contributed by atoms with Crippen LogP contribution >= 0.6 is 0 Å². The van der Waals surface area contributed by atoms with Crippen molar-refractivity contribution in [3.8, 4) is 0 Å². The van der Waals surface area contributed by atoms with Gasteiger partial charge in [-0.1, -0.05) is 24.3 Å². The van der Waals surface area contributed by atoms with Crippen LogP contribution in [0.4, 0.5) is 0 Å². The SMILES string of the molecule is COCc1ccc(C2CC2(CN)CO)cc1. The summed E-state index contributed by atoms with van der Waals surface area (Å²) in [7, 11) is 1.69. The van der Waals surface area contributed by atoms with Gasteiger partial charge in [0.25, 0.3) is 0 Å². The van der Waals surface area contributed by atoms with Crippen molar-refractivity contribution in [3.63, 3.8) is 0 Å². The highest BCUT2D eigenvalue weighted by Gasteiger charge is 2.53. The van der Waals surface area contributed by atoms with Gasteiger partial charge in [0.1, 0.15) is 0 Å². The smallest absolute Gasteiger partial charge is 0.0713 e. The van der Waals surface area contributed by atoms with Crippen LogP contribution in [-0.4, -0.2) is 25.4 Å². The molecule has 1 saturated carbocycles. The molecule has 1 aliphatic carbocycles. The molecule has 1 aromatic carbocycles. The maximum Gasteiger partial charge on any atom is 0.0713 e. The number of rotatable bonds is 5. The third kappa shape index (κ3) is 1.98. The normalized spacial score (nSPS) is 28.1. The highest BCUT2D eigenvalue weighted by molar-refractivity contribution is 5.32. The molecule has 0 saturated heterocycles. The first-order chi connectivity index (χ1) is 7.75. The van der Waals surface area contributed by atoms with Crippen molar-refractivity contribution in [2.45, 2.75) is 18.9 Å². The van der Waals surface area contributed by atoms with E-state index in [2.05, 4.69) is 24.3 Å². The second kappa shape index (κ2) is 4.53. The minimum absolute atomic E-state index is 0.0528. The minimum atomic E-state index is -0.0528. The van der Waals surface area contributed by atoms with E-state index < -0.39 is 0 Å². The first kappa shape index (κ1) is 11.6. The minimum Gasteiger partial charge on any atom is -0.396 e. The van der Waals surface area contributed by atoms with Crippen LogP contribution < -0.4 is 5.73 Å². The number of aliphatic hydroxyl groups is 1. The lowest BCUT2D eigenvalue weighted by molar-refractivity contribution is 0.185. The Labute approximate surface area is 96.2 Å². The Hall–Kier alpha value is -0.900. The molecular formula is C13H19NO2. The molecule has 3 nitrogen and oxygen atoms in total. The average molecular weight is 221 g/mol. The van der Waals surface area contributed by atoms with E-state index in [-0.39, 0.29) is 12.0 Å². The molecule has 1 fully saturated rings. The fourth-order valence-corrected chi connectivity index (χ4v) is 2.30. The number of methoxy groups -OCH3 is 1. The topological polar surface area (TPSA) is 55.5 Å². The number of hydrogen-bond donors (Lipinski definition) is 2. The van der Waals surface area contributed by atoms with Crippen LogP contribution in [-0.2, 0) is 11.3 Å². The number of benzene rings is 1. The second-order valence-corrected chi connectivity index (χ2v) is 4.66. The van der Waals surface area contributed by atoms with Gasteiger partial charge in [0.2, 0.25) is 0 Å². The Bertz CT molecular complexity index is 343. The number of hydrogen-bond acceptors (Lipinski definition) is 3. The highest BCUT2D eigenvalue weighted by atomic mass is 16.5. The third-order valence-corrected chi connectivity index (χ3v) is 3.60. The molecule has 0 bridgehead atoms. The Morgan fingerprint density at radius 3 is 2.56 bits per heavy atom. The molecule has 3 heteroatoms. The Kier molecular flexibility index (Phi) is 3.28. The van der Waals surface area contributed by atoms with Gasteiger partial charge in [-0.25, -0.2) is 0 Å². The van der Waals surface area contributed by atoms with Crippen LogP contribution in [0.1, 0.15) is 23.5 Å². The van der Waals surface area contributed by atoms with Crippen molar-refractivity contribution >= 4 is 0 Å². The van der Waals surface area contributed by atoms with Gasteiger partial charge in [0, 0.05) is 19.1 Å². The molecule has 0 aromatic heterocycles. The van der Waals surface area contributed by atoms with Crippen molar-refractivity contribution in [3.05, 3.63) is 35.4 Å². The van der Waals surface area contributed by atoms with Crippen LogP contribution in [0, 0.1) is 5.41 Å². The average Bonchev–Trinajstić information content (AvgIpc) is 3.06. The van der Waals surface area contributed by atoms with E-state index in [1.807, 2.05) is 0 Å². The fraction of sp³-hybridized carbons (Fsp3) is 0.538. The molecule has 16 heavy (non-hydrogen) atoms. The van der Waals surface area contributed by atoms with E-state index in [1.54, 1.807) is 7.11 Å². The molecule has 0 radical (unpaired) electrons. The molecule has 88 valence electrons. The summed E-state index contributed by atoms with van der Waals surface area (Å²) in [4.78, 5) is 0. The Balaban J connectivity index is 2.07. The summed E-state index contributed by atoms with van der Waals surface area (Å²) in [6, 6.07) is 8.39. The van der Waals surface area contributed by atoms with Crippen molar-refractivity contribution in [1.29, 1.82) is 0 Å². The summed E-state index contributed by atoms with van der Waals surface area (Å²) in [5, 5.41) is 9.33. The molecular weight excluding hydrogens is 202 g/mol. The van der Waals surface area contributed by atoms with E-state index in [0.717, 1.165) is 6.42 Å². The fourth-order valence-electron chi connectivity index (χ4n) is 2.30. The van der Waals surface area contributed by atoms with Crippen LogP contribution in [0.15, 0.2) is 24.3 Å². The Morgan fingerprint density at radius 1 is 1.44 bits per heavy atom. The van der Waals surface area contributed by atoms with Gasteiger partial charge in [-0.3, -0.25) is 0 Å². The van der Waals surface area contributed by atoms with Gasteiger partial charge >= 0.3 is 0 Å². The van der Waals surface area contributed by atoms with Gasteiger partial charge in [0.05, 0.1) is 13.2 Å². The van der Waals surface area contributed by atoms with Crippen molar-refractivity contribution in [2.24, 2.45) is 11.1 Å². The zero-order chi connectivity index (χ0) is 11.6. The lowest BCUT2D eigenvalue weighted by atomic mass is 9.99. The largest absolute Gasteiger partial charge is 0.396 e. The first-order valence-corrected chi connectivity index (χ1v) is 5.64. The van der Waals surface area contributed by atoms with Gasteiger partial charge in [-0.2, -0.15) is 0 Å². The third-order valence-electron chi connectivity index (χ3n) is 3.60. The summed E-state index contributed by atoms with van der Waals surface area (Å²) >= 11 is 0. The summed E-state index contributed by atoms with van der Waals surface area (Å²) < 4.78 is 5.07. The van der Waals surface area contributed by atoms with Gasteiger partial charge in [-0.15, -0.1) is 0 Å². The van der Waals surface area contributed by atoms with Crippen LogP contribution in [0.2, 0.25) is 0 Å². The molecule has 2 atom stereocenters. The van der Waals surface area contributed by atoms with E-state index in [1.165, 1.54) is 11.1 Å². The maximum absolute atomic E-state index is 9.33. The Morgan fingerprint density at radius 2 is 2.12 bits per heavy atom. The molecule has 1 aliphatic rings. The summed E-state index contributed by atoms with van der Waals surface area (Å²) in [6.07, 6.45) is 1.00. The zero-order valence-electron chi connectivity index (χ0n) is 9.65. The van der Waals surface area contributed by atoms with E-state index in [4.69, 9.17) is 10.5 Å². The molecule has 3 N–H and O–H groups in total. The molecule has 1 aromatic rings. The molecule has 2 rings (SSSR count). The molecule has 0 aliphatic heterocycles. The van der Waals surface area contributed by atoms with E-state index >= 15 is 0 Å². The van der Waals surface area contributed by atoms with Crippen molar-refractivity contribution in [1.82, 2.24) is 0 Å². The molecule has 0 spiro atoms. The molecule has 0 amide bonds. The molecule has 0 heterocycles. The van der Waals surface area contributed by atoms with Gasteiger partial charge in [-0.05, 0) is 23.5 Å². The van der Waals surface area contributed by atoms with Crippen molar-refractivity contribution in [2.75, 3.05) is 20.3 Å². The summed E-state index contributed by atoms with van der Waals surface area (Å²) in [6.45, 7) is 1.40. The van der Waals surface area contributed by atoms with Gasteiger partial charge in [0.15, 0.2) is 0 Å². The predicted octanol–water partition coefficient (Wildman–Crippen LogP) is 1.26. The predicted molar refractivity (Wildman–Crippen MR) is 63.1 cm³/mol. The van der Waals surface area contributed by atoms with E-state index in [0.29, 0.717) is 19.1 Å². The first-order valence-electron chi connectivity index (χ1n) is 5.64. The van der Waals surface area contributed by atoms with Crippen LogP contribution in [0.25, 0.3) is 0 Å². The monoisotopic (exact) mass is 221 g/mol. The standard InChI is InChI=1S/C13H19NO2/c1-16-7-10-2-4-11(5-3-10)12-6-13(12,8-14)9-15/h2-5,12,15H,6-9,14H2,1H3. The van der Waals surface area contributed by atoms with Gasteiger partial charge < -0.3 is 15.6 Å². The summed E-state index contributed by atoms with van der Waals surface area (Å²) in [5.41, 5.74) is 8.10. The number of aliphatic hydroxyl groups excluding tert-OH is 1. The highest BCUT2D eigenvalue weighted by Crippen LogP contribution is 2.58. The lowest BCUT2D eigenvalue weighted by Crippen LogP contribution is -2.21. The summed E-state index contributed by atoms with van der Waals surface area (Å²) in [5.74, 6) is 0.430. The van der Waals surface area contributed by atoms with Crippen LogP contribution in [0.3, 0.4) is 0 Å². The second-order valence-electron chi connectivity index (χ2n) is 4.66. The quantitative estimate of drug-likeness (QED) is 0.787.